The number of sulfone groups is 1. The molecule has 1 aliphatic carbocycles. The first-order valence-corrected chi connectivity index (χ1v) is 11.2. The van der Waals surface area contributed by atoms with E-state index in [-0.39, 0.29) is 22.8 Å². The number of likely N-dealkylation sites (N-methyl/N-ethyl adjacent to an activating group) is 1. The highest BCUT2D eigenvalue weighted by Crippen LogP contribution is 2.29. The number of hydrogen-bond acceptors (Lipinski definition) is 6. The molecule has 1 heterocycles. The quantitative estimate of drug-likeness (QED) is 0.736. The number of aliphatic imine (C=N–C) groups is 1. The van der Waals surface area contributed by atoms with Crippen LogP contribution in [0.1, 0.15) is 34.3 Å². The van der Waals surface area contributed by atoms with Gasteiger partial charge >= 0.3 is 0 Å². The molecule has 1 aliphatic heterocycles. The van der Waals surface area contributed by atoms with Crippen LogP contribution in [0.5, 0.6) is 0 Å². The molecule has 0 saturated heterocycles. The highest BCUT2D eigenvalue weighted by Gasteiger charge is 2.30. The minimum Gasteiger partial charge on any atom is -0.404 e. The van der Waals surface area contributed by atoms with Gasteiger partial charge in [-0.05, 0) is 49.1 Å². The van der Waals surface area contributed by atoms with Gasteiger partial charge in [0.15, 0.2) is 9.84 Å². The minimum absolute atomic E-state index is 0.0851. The Kier molecular flexibility index (Phi) is 5.67. The van der Waals surface area contributed by atoms with Crippen LogP contribution >= 0.6 is 0 Å². The molecule has 2 amide bonds. The highest BCUT2D eigenvalue weighted by molar-refractivity contribution is 7.94. The topological polar surface area (TPSA) is 122 Å². The molecule has 0 spiro atoms. The van der Waals surface area contributed by atoms with Crippen molar-refractivity contribution in [2.24, 2.45) is 10.7 Å². The number of benzene rings is 1. The summed E-state index contributed by atoms with van der Waals surface area (Å²) in [6, 6.07) is 5.40. The molecular weight excluding hydrogens is 404 g/mol. The van der Waals surface area contributed by atoms with E-state index in [0.717, 1.165) is 24.7 Å². The molecule has 2 aliphatic rings. The minimum atomic E-state index is -3.62. The Hall–Kier alpha value is -3.20. The number of rotatable bonds is 5. The van der Waals surface area contributed by atoms with Crippen molar-refractivity contribution in [3.63, 3.8) is 0 Å². The van der Waals surface area contributed by atoms with Crippen LogP contribution in [0.4, 0.5) is 0 Å². The highest BCUT2D eigenvalue weighted by atomic mass is 32.2. The van der Waals surface area contributed by atoms with Crippen LogP contribution in [0, 0.1) is 6.92 Å². The van der Waals surface area contributed by atoms with Gasteiger partial charge in [-0.3, -0.25) is 14.5 Å². The predicted octanol–water partition coefficient (Wildman–Crippen LogP) is 1.50. The van der Waals surface area contributed by atoms with Crippen LogP contribution in [0.2, 0.25) is 0 Å². The zero-order valence-electron chi connectivity index (χ0n) is 17.1. The molecule has 3 N–H and O–H groups in total. The molecule has 1 aromatic rings. The third-order valence-corrected chi connectivity index (χ3v) is 5.90. The van der Waals surface area contributed by atoms with Gasteiger partial charge in [0.25, 0.3) is 11.8 Å². The smallest absolute Gasteiger partial charge is 0.259 e. The van der Waals surface area contributed by atoms with Crippen molar-refractivity contribution >= 4 is 33.1 Å². The van der Waals surface area contributed by atoms with Gasteiger partial charge in [0.1, 0.15) is 10.9 Å². The SMILES string of the molecule is C=C(/N=C1\C(=C/N)C=C(c2cc(C(=O)NC3CC3)ccc2C)C(=O)N1C)S(C)(=O)=O. The molecule has 9 heteroatoms. The average molecular weight is 429 g/mol. The van der Waals surface area contributed by atoms with E-state index in [4.69, 9.17) is 5.73 Å². The number of amides is 2. The average Bonchev–Trinajstić information content (AvgIpc) is 3.49. The summed E-state index contributed by atoms with van der Waals surface area (Å²) in [5.74, 6) is -0.497. The van der Waals surface area contributed by atoms with E-state index in [1.807, 2.05) is 6.92 Å². The Balaban J connectivity index is 2.05. The van der Waals surface area contributed by atoms with Crippen molar-refractivity contribution < 1.29 is 18.0 Å². The van der Waals surface area contributed by atoms with E-state index in [2.05, 4.69) is 16.9 Å². The van der Waals surface area contributed by atoms with Gasteiger partial charge in [-0.2, -0.15) is 0 Å². The lowest BCUT2D eigenvalue weighted by molar-refractivity contribution is -0.120. The fraction of sp³-hybridized carbons (Fsp3) is 0.286. The molecule has 1 aromatic carbocycles. The molecule has 1 fully saturated rings. The maximum Gasteiger partial charge on any atom is 0.259 e. The molecule has 0 bridgehead atoms. The first kappa shape index (κ1) is 21.5. The lowest BCUT2D eigenvalue weighted by Gasteiger charge is -2.27. The number of hydrogen-bond donors (Lipinski definition) is 2. The van der Waals surface area contributed by atoms with Gasteiger partial charge in [0, 0.05) is 42.3 Å². The van der Waals surface area contributed by atoms with Crippen LogP contribution in [0.3, 0.4) is 0 Å². The summed E-state index contributed by atoms with van der Waals surface area (Å²) in [7, 11) is -2.14. The van der Waals surface area contributed by atoms with E-state index < -0.39 is 15.7 Å². The maximum atomic E-state index is 13.1. The summed E-state index contributed by atoms with van der Waals surface area (Å²) >= 11 is 0. The normalized spacial score (nSPS) is 19.8. The predicted molar refractivity (Wildman–Crippen MR) is 116 cm³/mol. The molecule has 158 valence electrons. The van der Waals surface area contributed by atoms with Crippen LogP contribution in [-0.2, 0) is 14.6 Å². The summed E-state index contributed by atoms with van der Waals surface area (Å²) in [5.41, 5.74) is 8.29. The molecule has 0 radical (unpaired) electrons. The van der Waals surface area contributed by atoms with Gasteiger partial charge in [0.2, 0.25) is 0 Å². The summed E-state index contributed by atoms with van der Waals surface area (Å²) in [6.45, 7) is 5.29. The molecule has 8 nitrogen and oxygen atoms in total. The monoisotopic (exact) mass is 428 g/mol. The number of aryl methyl sites for hydroxylation is 1. The molecule has 0 atom stereocenters. The van der Waals surface area contributed by atoms with Crippen molar-refractivity contribution in [3.8, 4) is 0 Å². The third kappa shape index (κ3) is 4.35. The Bertz CT molecular complexity index is 1140. The van der Waals surface area contributed by atoms with Crippen LogP contribution < -0.4 is 11.1 Å². The Morgan fingerprint density at radius 2 is 2.03 bits per heavy atom. The molecular formula is C21H24N4O4S. The van der Waals surface area contributed by atoms with Crippen molar-refractivity contribution in [1.82, 2.24) is 10.2 Å². The van der Waals surface area contributed by atoms with E-state index in [9.17, 15) is 18.0 Å². The fourth-order valence-corrected chi connectivity index (χ4v) is 3.21. The third-order valence-electron chi connectivity index (χ3n) is 4.95. The second-order valence-electron chi connectivity index (χ2n) is 7.42. The van der Waals surface area contributed by atoms with E-state index >= 15 is 0 Å². The van der Waals surface area contributed by atoms with E-state index in [1.54, 1.807) is 24.3 Å². The maximum absolute atomic E-state index is 13.1. The standard InChI is InChI=1S/C21H24N4O4S/c1-12-5-6-14(20(26)24-16-7-8-16)9-17(12)18-10-15(11-22)19(25(3)21(18)27)23-13(2)30(4,28)29/h5-6,9-11,16H,2,7-8,22H2,1,3-4H3,(H,24,26)/b15-11-,23-19+. The van der Waals surface area contributed by atoms with Gasteiger partial charge < -0.3 is 11.1 Å². The van der Waals surface area contributed by atoms with Crippen molar-refractivity contribution in [1.29, 1.82) is 0 Å². The second kappa shape index (κ2) is 7.91. The molecule has 1 saturated carbocycles. The summed E-state index contributed by atoms with van der Waals surface area (Å²) in [6.07, 6.45) is 5.73. The Morgan fingerprint density at radius 3 is 2.60 bits per heavy atom. The largest absolute Gasteiger partial charge is 0.404 e. The van der Waals surface area contributed by atoms with E-state index in [1.165, 1.54) is 18.1 Å². The van der Waals surface area contributed by atoms with Gasteiger partial charge in [-0.15, -0.1) is 0 Å². The van der Waals surface area contributed by atoms with Crippen molar-refractivity contribution in [3.05, 3.63) is 64.3 Å². The van der Waals surface area contributed by atoms with Gasteiger partial charge in [-0.1, -0.05) is 12.6 Å². The second-order valence-corrected chi connectivity index (χ2v) is 9.44. The fourth-order valence-electron chi connectivity index (χ4n) is 2.96. The Morgan fingerprint density at radius 1 is 1.37 bits per heavy atom. The molecule has 30 heavy (non-hydrogen) atoms. The van der Waals surface area contributed by atoms with Gasteiger partial charge in [0.05, 0.1) is 0 Å². The van der Waals surface area contributed by atoms with Crippen molar-refractivity contribution in [2.75, 3.05) is 13.3 Å². The molecule has 3 rings (SSSR count). The molecule has 0 aromatic heterocycles. The summed E-state index contributed by atoms with van der Waals surface area (Å²) in [4.78, 5) is 30.7. The zero-order valence-corrected chi connectivity index (χ0v) is 17.9. The lowest BCUT2D eigenvalue weighted by atomic mass is 9.92. The number of nitrogens with one attached hydrogen (secondary N) is 1. The number of nitrogens with zero attached hydrogens (tertiary/aromatic N) is 2. The Labute approximate surface area is 175 Å². The van der Waals surface area contributed by atoms with Crippen LogP contribution in [-0.4, -0.2) is 50.3 Å². The van der Waals surface area contributed by atoms with E-state index in [0.29, 0.717) is 22.3 Å². The first-order valence-electron chi connectivity index (χ1n) is 9.34. The summed E-state index contributed by atoms with van der Waals surface area (Å²) in [5, 5.41) is 2.56. The number of amidine groups is 1. The lowest BCUT2D eigenvalue weighted by Crippen LogP contribution is -2.38. The number of nitrogens with two attached hydrogens (primary N) is 1. The zero-order chi connectivity index (χ0) is 22.2. The first-order chi connectivity index (χ1) is 14.0. The summed E-state index contributed by atoms with van der Waals surface area (Å²) < 4.78 is 23.4. The van der Waals surface area contributed by atoms with Crippen LogP contribution in [0.25, 0.3) is 5.57 Å². The number of carbonyl (C=O) groups excluding carboxylic acids is 2. The molecule has 0 unspecified atom stereocenters. The number of carbonyl (C=O) groups is 2. The van der Waals surface area contributed by atoms with Crippen molar-refractivity contribution in [2.45, 2.75) is 25.8 Å². The van der Waals surface area contributed by atoms with Gasteiger partial charge in [-0.25, -0.2) is 13.4 Å². The van der Waals surface area contributed by atoms with Crippen LogP contribution in [0.15, 0.2) is 52.6 Å².